The molecule has 0 bridgehead atoms. The number of rotatable bonds is 3. The van der Waals surface area contributed by atoms with Crippen LogP contribution in [0.3, 0.4) is 0 Å². The van der Waals surface area contributed by atoms with Gasteiger partial charge in [0.25, 0.3) is 0 Å². The molecule has 1 aliphatic heterocycles. The topological polar surface area (TPSA) is 43.7 Å². The van der Waals surface area contributed by atoms with E-state index in [1.54, 1.807) is 0 Å². The van der Waals surface area contributed by atoms with Crippen molar-refractivity contribution in [1.29, 1.82) is 0 Å². The van der Waals surface area contributed by atoms with Gasteiger partial charge in [0.15, 0.2) is 0 Å². The van der Waals surface area contributed by atoms with Crippen LogP contribution >= 0.6 is 0 Å². The summed E-state index contributed by atoms with van der Waals surface area (Å²) < 4.78 is 0. The van der Waals surface area contributed by atoms with E-state index in [-0.39, 0.29) is 6.61 Å². The van der Waals surface area contributed by atoms with Crippen molar-refractivity contribution in [2.45, 2.75) is 25.5 Å². The van der Waals surface area contributed by atoms with E-state index in [0.717, 1.165) is 25.9 Å². The van der Waals surface area contributed by atoms with Gasteiger partial charge >= 0.3 is 0 Å². The third-order valence-corrected chi connectivity index (χ3v) is 3.11. The second-order valence-electron chi connectivity index (χ2n) is 4.44. The Kier molecular flexibility index (Phi) is 3.93. The van der Waals surface area contributed by atoms with Gasteiger partial charge in [-0.05, 0) is 30.5 Å². The van der Waals surface area contributed by atoms with E-state index in [2.05, 4.69) is 29.2 Å². The molecule has 1 unspecified atom stereocenters. The SMILES string of the molecule is OCC(O)CN1CCCc2ccccc2C1. The molecule has 1 heterocycles. The van der Waals surface area contributed by atoms with Crippen LogP contribution in [0.4, 0.5) is 0 Å². The molecule has 1 atom stereocenters. The first-order valence-electron chi connectivity index (χ1n) is 5.87. The average Bonchev–Trinajstić information content (AvgIpc) is 2.50. The molecule has 1 aromatic carbocycles. The van der Waals surface area contributed by atoms with Gasteiger partial charge in [0, 0.05) is 13.1 Å². The van der Waals surface area contributed by atoms with Crippen molar-refractivity contribution < 1.29 is 10.2 Å². The van der Waals surface area contributed by atoms with Gasteiger partial charge in [-0.1, -0.05) is 24.3 Å². The van der Waals surface area contributed by atoms with E-state index in [9.17, 15) is 5.11 Å². The average molecular weight is 221 g/mol. The Morgan fingerprint density at radius 2 is 2.00 bits per heavy atom. The quantitative estimate of drug-likeness (QED) is 0.793. The number of benzene rings is 1. The smallest absolute Gasteiger partial charge is 0.0897 e. The zero-order valence-electron chi connectivity index (χ0n) is 9.47. The van der Waals surface area contributed by atoms with Crippen molar-refractivity contribution in [3.63, 3.8) is 0 Å². The molecule has 0 saturated heterocycles. The highest BCUT2D eigenvalue weighted by Gasteiger charge is 2.16. The van der Waals surface area contributed by atoms with E-state index in [4.69, 9.17) is 5.11 Å². The molecule has 0 fully saturated rings. The number of hydrogen-bond acceptors (Lipinski definition) is 3. The first kappa shape index (κ1) is 11.6. The molecule has 0 aromatic heterocycles. The van der Waals surface area contributed by atoms with Crippen molar-refractivity contribution in [2.24, 2.45) is 0 Å². The van der Waals surface area contributed by atoms with Crippen LogP contribution in [0.1, 0.15) is 17.5 Å². The Balaban J connectivity index is 2.05. The fourth-order valence-electron chi connectivity index (χ4n) is 2.28. The lowest BCUT2D eigenvalue weighted by atomic mass is 10.0. The fourth-order valence-corrected chi connectivity index (χ4v) is 2.28. The second-order valence-corrected chi connectivity index (χ2v) is 4.44. The van der Waals surface area contributed by atoms with Crippen LogP contribution in [0.2, 0.25) is 0 Å². The first-order chi connectivity index (χ1) is 7.79. The number of aliphatic hydroxyl groups excluding tert-OH is 2. The lowest BCUT2D eigenvalue weighted by Gasteiger charge is -2.22. The Hall–Kier alpha value is -0.900. The van der Waals surface area contributed by atoms with Gasteiger partial charge < -0.3 is 10.2 Å². The summed E-state index contributed by atoms with van der Waals surface area (Å²) in [7, 11) is 0. The van der Waals surface area contributed by atoms with Crippen molar-refractivity contribution in [2.75, 3.05) is 19.7 Å². The molecule has 16 heavy (non-hydrogen) atoms. The first-order valence-corrected chi connectivity index (χ1v) is 5.87. The molecule has 3 nitrogen and oxygen atoms in total. The second kappa shape index (κ2) is 5.43. The molecule has 1 aromatic rings. The standard InChI is InChI=1S/C13H19NO2/c15-10-13(16)9-14-7-3-6-11-4-1-2-5-12(11)8-14/h1-2,4-5,13,15-16H,3,6-10H2. The molecular formula is C13H19NO2. The van der Waals surface area contributed by atoms with Crippen LogP contribution in [-0.4, -0.2) is 40.9 Å². The molecule has 1 aliphatic rings. The molecule has 88 valence electrons. The van der Waals surface area contributed by atoms with E-state index in [1.165, 1.54) is 11.1 Å². The summed E-state index contributed by atoms with van der Waals surface area (Å²) in [5, 5.41) is 18.3. The number of aliphatic hydroxyl groups is 2. The number of hydrogen-bond donors (Lipinski definition) is 2. The highest BCUT2D eigenvalue weighted by atomic mass is 16.3. The van der Waals surface area contributed by atoms with Crippen LogP contribution < -0.4 is 0 Å². The predicted molar refractivity (Wildman–Crippen MR) is 63.1 cm³/mol. The van der Waals surface area contributed by atoms with Crippen molar-refractivity contribution in [3.8, 4) is 0 Å². The summed E-state index contributed by atoms with van der Waals surface area (Å²) >= 11 is 0. The molecule has 0 amide bonds. The largest absolute Gasteiger partial charge is 0.394 e. The van der Waals surface area contributed by atoms with Crippen molar-refractivity contribution >= 4 is 0 Å². The van der Waals surface area contributed by atoms with Crippen LogP contribution in [0.15, 0.2) is 24.3 Å². The van der Waals surface area contributed by atoms with Gasteiger partial charge in [-0.25, -0.2) is 0 Å². The minimum Gasteiger partial charge on any atom is -0.394 e. The summed E-state index contributed by atoms with van der Waals surface area (Å²) in [6, 6.07) is 8.47. The number of aryl methyl sites for hydroxylation is 1. The molecule has 0 radical (unpaired) electrons. The van der Waals surface area contributed by atoms with Crippen LogP contribution in [-0.2, 0) is 13.0 Å². The summed E-state index contributed by atoms with van der Waals surface area (Å²) in [4.78, 5) is 2.22. The third-order valence-electron chi connectivity index (χ3n) is 3.11. The molecule has 2 N–H and O–H groups in total. The maximum absolute atomic E-state index is 9.46. The summed E-state index contributed by atoms with van der Waals surface area (Å²) in [5.74, 6) is 0. The molecule has 0 saturated carbocycles. The lowest BCUT2D eigenvalue weighted by Crippen LogP contribution is -2.34. The Morgan fingerprint density at radius 3 is 2.75 bits per heavy atom. The lowest BCUT2D eigenvalue weighted by molar-refractivity contribution is 0.0572. The Morgan fingerprint density at radius 1 is 1.25 bits per heavy atom. The highest BCUT2D eigenvalue weighted by Crippen LogP contribution is 2.18. The highest BCUT2D eigenvalue weighted by molar-refractivity contribution is 5.27. The number of fused-ring (bicyclic) bond motifs is 1. The van der Waals surface area contributed by atoms with Crippen molar-refractivity contribution in [1.82, 2.24) is 4.90 Å². The zero-order chi connectivity index (χ0) is 11.4. The minimum absolute atomic E-state index is 0.155. The molecule has 0 aliphatic carbocycles. The van der Waals surface area contributed by atoms with Gasteiger partial charge in [-0.15, -0.1) is 0 Å². The third kappa shape index (κ3) is 2.82. The summed E-state index contributed by atoms with van der Waals surface area (Å²) in [5.41, 5.74) is 2.77. The van der Waals surface area contributed by atoms with Crippen molar-refractivity contribution in [3.05, 3.63) is 35.4 Å². The van der Waals surface area contributed by atoms with Crippen LogP contribution in [0.25, 0.3) is 0 Å². The maximum atomic E-state index is 9.46. The fraction of sp³-hybridized carbons (Fsp3) is 0.538. The van der Waals surface area contributed by atoms with Gasteiger partial charge in [0.2, 0.25) is 0 Å². The minimum atomic E-state index is -0.620. The monoisotopic (exact) mass is 221 g/mol. The Labute approximate surface area is 96.3 Å². The van der Waals surface area contributed by atoms with Crippen LogP contribution in [0.5, 0.6) is 0 Å². The number of β-amino-alcohol motifs (C(OH)–C–C–N with tert-alkyl or cyclic N) is 1. The predicted octanol–water partition coefficient (Wildman–Crippen LogP) is 0.788. The molecular weight excluding hydrogens is 202 g/mol. The molecule has 0 spiro atoms. The van der Waals surface area contributed by atoms with E-state index in [1.807, 2.05) is 0 Å². The molecule has 3 heteroatoms. The normalized spacial score (nSPS) is 18.9. The van der Waals surface area contributed by atoms with Gasteiger partial charge in [0.05, 0.1) is 12.7 Å². The van der Waals surface area contributed by atoms with Gasteiger partial charge in [-0.2, -0.15) is 0 Å². The zero-order valence-corrected chi connectivity index (χ0v) is 9.47. The number of nitrogens with zero attached hydrogens (tertiary/aromatic N) is 1. The van der Waals surface area contributed by atoms with Gasteiger partial charge in [-0.3, -0.25) is 4.90 Å². The van der Waals surface area contributed by atoms with Gasteiger partial charge in [0.1, 0.15) is 0 Å². The Bertz CT molecular complexity index is 340. The van der Waals surface area contributed by atoms with Crippen LogP contribution in [0, 0.1) is 0 Å². The molecule has 2 rings (SSSR count). The maximum Gasteiger partial charge on any atom is 0.0897 e. The summed E-state index contributed by atoms with van der Waals surface area (Å²) in [6.45, 7) is 2.28. The van der Waals surface area contributed by atoms with E-state index in [0.29, 0.717) is 6.54 Å². The summed E-state index contributed by atoms with van der Waals surface area (Å²) in [6.07, 6.45) is 1.61. The van der Waals surface area contributed by atoms with E-state index >= 15 is 0 Å². The van der Waals surface area contributed by atoms with E-state index < -0.39 is 6.10 Å².